The molecule has 20 heavy (non-hydrogen) atoms. The van der Waals surface area contributed by atoms with Gasteiger partial charge in [-0.1, -0.05) is 0 Å². The van der Waals surface area contributed by atoms with Gasteiger partial charge < -0.3 is 5.11 Å². The van der Waals surface area contributed by atoms with Crippen molar-refractivity contribution in [2.75, 3.05) is 0 Å². The fraction of sp³-hybridized carbons (Fsp3) is 0.714. The standard InChI is InChI=1S/C14H22BrN3O2/c1-9-12(15)10(2)18(17-9)8-4-7-14(3,13(19)20)16-11-5-6-11/h11,16H,4-8H2,1-3H3,(H,19,20). The number of nitrogens with one attached hydrogen (secondary N) is 1. The third kappa shape index (κ3) is 3.41. The number of carboxylic acids is 1. The van der Waals surface area contributed by atoms with Gasteiger partial charge in [-0.2, -0.15) is 5.10 Å². The molecule has 1 aromatic rings. The molecule has 1 heterocycles. The molecular weight excluding hydrogens is 322 g/mol. The molecule has 1 unspecified atom stereocenters. The van der Waals surface area contributed by atoms with E-state index in [1.165, 1.54) is 0 Å². The van der Waals surface area contributed by atoms with E-state index in [-0.39, 0.29) is 0 Å². The van der Waals surface area contributed by atoms with E-state index in [0.29, 0.717) is 12.5 Å². The average Bonchev–Trinajstić information content (AvgIpc) is 3.15. The van der Waals surface area contributed by atoms with Crippen LogP contribution in [0.25, 0.3) is 0 Å². The summed E-state index contributed by atoms with van der Waals surface area (Å²) in [6, 6.07) is 0.388. The lowest BCUT2D eigenvalue weighted by Crippen LogP contribution is -2.50. The Balaban J connectivity index is 1.92. The lowest BCUT2D eigenvalue weighted by molar-refractivity contribution is -0.144. The van der Waals surface area contributed by atoms with Crippen molar-refractivity contribution in [3.8, 4) is 0 Å². The van der Waals surface area contributed by atoms with Crippen molar-refractivity contribution >= 4 is 21.9 Å². The minimum atomic E-state index is -0.825. The Bertz CT molecular complexity index is 511. The molecule has 0 spiro atoms. The van der Waals surface area contributed by atoms with Crippen LogP contribution >= 0.6 is 15.9 Å². The summed E-state index contributed by atoms with van der Waals surface area (Å²) >= 11 is 3.51. The molecule has 1 saturated carbocycles. The van der Waals surface area contributed by atoms with Crippen LogP contribution in [0.1, 0.15) is 44.0 Å². The molecule has 1 aliphatic carbocycles. The highest BCUT2D eigenvalue weighted by molar-refractivity contribution is 9.10. The second-order valence-electron chi connectivity index (χ2n) is 5.87. The monoisotopic (exact) mass is 343 g/mol. The van der Waals surface area contributed by atoms with Gasteiger partial charge in [0.05, 0.1) is 10.2 Å². The minimum Gasteiger partial charge on any atom is -0.480 e. The Hall–Kier alpha value is -0.880. The molecule has 1 aromatic heterocycles. The van der Waals surface area contributed by atoms with Crippen LogP contribution in [-0.4, -0.2) is 32.4 Å². The normalized spacial score (nSPS) is 18.0. The molecule has 0 amide bonds. The molecule has 0 aliphatic heterocycles. The van der Waals surface area contributed by atoms with Crippen molar-refractivity contribution in [3.63, 3.8) is 0 Å². The van der Waals surface area contributed by atoms with Crippen molar-refractivity contribution in [1.82, 2.24) is 15.1 Å². The molecule has 1 atom stereocenters. The number of hydrogen-bond acceptors (Lipinski definition) is 3. The zero-order chi connectivity index (χ0) is 14.9. The van der Waals surface area contributed by atoms with Crippen LogP contribution < -0.4 is 5.32 Å². The quantitative estimate of drug-likeness (QED) is 0.798. The summed E-state index contributed by atoms with van der Waals surface area (Å²) in [6.45, 7) is 6.50. The number of hydrogen-bond donors (Lipinski definition) is 2. The Morgan fingerprint density at radius 2 is 2.20 bits per heavy atom. The summed E-state index contributed by atoms with van der Waals surface area (Å²) in [4.78, 5) is 11.5. The lowest BCUT2D eigenvalue weighted by Gasteiger charge is -2.26. The van der Waals surface area contributed by atoms with Crippen LogP contribution in [0.5, 0.6) is 0 Å². The molecule has 1 fully saturated rings. The van der Waals surface area contributed by atoms with Gasteiger partial charge in [0.25, 0.3) is 0 Å². The zero-order valence-electron chi connectivity index (χ0n) is 12.2. The molecule has 0 radical (unpaired) electrons. The number of aliphatic carboxylic acids is 1. The largest absolute Gasteiger partial charge is 0.480 e. The van der Waals surface area contributed by atoms with E-state index >= 15 is 0 Å². The fourth-order valence-corrected chi connectivity index (χ4v) is 2.68. The third-order valence-electron chi connectivity index (χ3n) is 3.91. The van der Waals surface area contributed by atoms with E-state index in [1.807, 2.05) is 18.5 Å². The second-order valence-corrected chi connectivity index (χ2v) is 6.66. The van der Waals surface area contributed by atoms with Gasteiger partial charge in [-0.3, -0.25) is 14.8 Å². The van der Waals surface area contributed by atoms with Gasteiger partial charge in [0.2, 0.25) is 0 Å². The maximum absolute atomic E-state index is 11.5. The summed E-state index contributed by atoms with van der Waals surface area (Å²) < 4.78 is 2.98. The van der Waals surface area contributed by atoms with Crippen molar-refractivity contribution in [2.24, 2.45) is 0 Å². The smallest absolute Gasteiger partial charge is 0.323 e. The average molecular weight is 344 g/mol. The number of aromatic nitrogens is 2. The maximum atomic E-state index is 11.5. The van der Waals surface area contributed by atoms with Gasteiger partial charge >= 0.3 is 5.97 Å². The van der Waals surface area contributed by atoms with Gasteiger partial charge in [-0.25, -0.2) is 0 Å². The van der Waals surface area contributed by atoms with E-state index in [1.54, 1.807) is 6.92 Å². The predicted octanol–water partition coefficient (Wildman–Crippen LogP) is 2.64. The highest BCUT2D eigenvalue weighted by atomic mass is 79.9. The molecule has 5 nitrogen and oxygen atoms in total. The first kappa shape index (κ1) is 15.5. The van der Waals surface area contributed by atoms with Crippen molar-refractivity contribution < 1.29 is 9.90 Å². The van der Waals surface area contributed by atoms with Crippen LogP contribution in [0.4, 0.5) is 0 Å². The molecule has 6 heteroatoms. The molecule has 1 aliphatic rings. The lowest BCUT2D eigenvalue weighted by atomic mass is 9.95. The van der Waals surface area contributed by atoms with Crippen molar-refractivity contribution in [3.05, 3.63) is 15.9 Å². The number of rotatable bonds is 7. The van der Waals surface area contributed by atoms with Crippen LogP contribution in [0.15, 0.2) is 4.47 Å². The van der Waals surface area contributed by atoms with Crippen LogP contribution in [0.2, 0.25) is 0 Å². The number of aryl methyl sites for hydroxylation is 2. The van der Waals surface area contributed by atoms with E-state index in [9.17, 15) is 9.90 Å². The number of carboxylic acid groups (broad SMARTS) is 1. The van der Waals surface area contributed by atoms with Gasteiger partial charge in [-0.05, 0) is 62.4 Å². The van der Waals surface area contributed by atoms with Gasteiger partial charge in [0.1, 0.15) is 5.54 Å². The Morgan fingerprint density at radius 3 is 2.65 bits per heavy atom. The van der Waals surface area contributed by atoms with E-state index in [4.69, 9.17) is 0 Å². The van der Waals surface area contributed by atoms with Crippen molar-refractivity contribution in [2.45, 2.75) is 64.6 Å². The number of halogens is 1. The first-order chi connectivity index (χ1) is 9.33. The summed E-state index contributed by atoms with van der Waals surface area (Å²) in [6.07, 6.45) is 3.58. The molecule has 112 valence electrons. The molecule has 0 aromatic carbocycles. The third-order valence-corrected chi connectivity index (χ3v) is 5.06. The van der Waals surface area contributed by atoms with Gasteiger partial charge in [-0.15, -0.1) is 0 Å². The van der Waals surface area contributed by atoms with Crippen molar-refractivity contribution in [1.29, 1.82) is 0 Å². The second kappa shape index (κ2) is 5.85. The highest BCUT2D eigenvalue weighted by Gasteiger charge is 2.37. The maximum Gasteiger partial charge on any atom is 0.323 e. The van der Waals surface area contributed by atoms with Crippen LogP contribution in [-0.2, 0) is 11.3 Å². The highest BCUT2D eigenvalue weighted by Crippen LogP contribution is 2.26. The molecule has 0 bridgehead atoms. The van der Waals surface area contributed by atoms with Gasteiger partial charge in [0.15, 0.2) is 0 Å². The minimum absolute atomic E-state index is 0.388. The van der Waals surface area contributed by atoms with Crippen LogP contribution in [0, 0.1) is 13.8 Å². The topological polar surface area (TPSA) is 67.2 Å². The van der Waals surface area contributed by atoms with Gasteiger partial charge in [0, 0.05) is 18.3 Å². The Morgan fingerprint density at radius 1 is 1.55 bits per heavy atom. The summed E-state index contributed by atoms with van der Waals surface area (Å²) in [5.41, 5.74) is 1.24. The number of carbonyl (C=O) groups is 1. The predicted molar refractivity (Wildman–Crippen MR) is 80.8 cm³/mol. The Labute approximate surface area is 127 Å². The summed E-state index contributed by atoms with van der Waals surface area (Å²) in [7, 11) is 0. The molecular formula is C14H22BrN3O2. The molecule has 2 rings (SSSR count). The summed E-state index contributed by atoms with van der Waals surface area (Å²) in [5, 5.41) is 17.1. The Kier molecular flexibility index (Phi) is 4.54. The molecule has 0 saturated heterocycles. The number of nitrogens with zero attached hydrogens (tertiary/aromatic N) is 2. The van der Waals surface area contributed by atoms with E-state index in [0.717, 1.165) is 41.7 Å². The molecule has 2 N–H and O–H groups in total. The first-order valence-electron chi connectivity index (χ1n) is 7.04. The SMILES string of the molecule is Cc1nn(CCCC(C)(NC2CC2)C(=O)O)c(C)c1Br. The van der Waals surface area contributed by atoms with Crippen LogP contribution in [0.3, 0.4) is 0 Å². The van der Waals surface area contributed by atoms with E-state index in [2.05, 4.69) is 26.3 Å². The van der Waals surface area contributed by atoms with E-state index < -0.39 is 11.5 Å². The zero-order valence-corrected chi connectivity index (χ0v) is 13.8. The fourth-order valence-electron chi connectivity index (χ4n) is 2.39. The summed E-state index contributed by atoms with van der Waals surface area (Å²) in [5.74, 6) is -0.765. The first-order valence-corrected chi connectivity index (χ1v) is 7.83.